The lowest BCUT2D eigenvalue weighted by Crippen LogP contribution is -2.28. The molecule has 0 saturated carbocycles. The zero-order valence-corrected chi connectivity index (χ0v) is 12.6. The quantitative estimate of drug-likeness (QED) is 0.655. The van der Waals surface area contributed by atoms with Gasteiger partial charge in [0.15, 0.2) is 0 Å². The summed E-state index contributed by atoms with van der Waals surface area (Å²) < 4.78 is 11.1. The molecule has 0 radical (unpaired) electrons. The van der Waals surface area contributed by atoms with Gasteiger partial charge in [-0.15, -0.1) is 0 Å². The van der Waals surface area contributed by atoms with Crippen LogP contribution in [0.25, 0.3) is 0 Å². The second-order valence-electron chi connectivity index (χ2n) is 5.67. The average molecular weight is 286 g/mol. The molecule has 1 unspecified atom stereocenters. The lowest BCUT2D eigenvalue weighted by molar-refractivity contribution is 0.357. The molecule has 0 spiro atoms. The fourth-order valence-electron chi connectivity index (χ4n) is 3.03. The minimum Gasteiger partial charge on any atom is -0.493 e. The van der Waals surface area contributed by atoms with E-state index in [4.69, 9.17) is 15.0 Å². The molecule has 0 saturated heterocycles. The predicted octanol–water partition coefficient (Wildman–Crippen LogP) is 2.97. The van der Waals surface area contributed by atoms with Crippen molar-refractivity contribution >= 4 is 0 Å². The molecule has 0 aliphatic carbocycles. The molecule has 1 atom stereocenters. The van der Waals surface area contributed by atoms with Gasteiger partial charge in [-0.3, -0.25) is 11.3 Å². The molecular weight excluding hydrogens is 264 g/mol. The van der Waals surface area contributed by atoms with Gasteiger partial charge in [-0.1, -0.05) is 12.1 Å². The number of furan rings is 1. The molecule has 2 aromatic rings. The van der Waals surface area contributed by atoms with Gasteiger partial charge in [0.25, 0.3) is 0 Å². The highest BCUT2D eigenvalue weighted by molar-refractivity contribution is 5.40. The first kappa shape index (κ1) is 14.2. The van der Waals surface area contributed by atoms with E-state index in [9.17, 15) is 0 Å². The van der Waals surface area contributed by atoms with E-state index < -0.39 is 0 Å². The maximum atomic E-state index is 5.73. The summed E-state index contributed by atoms with van der Waals surface area (Å²) in [7, 11) is 0. The molecule has 4 nitrogen and oxygen atoms in total. The van der Waals surface area contributed by atoms with E-state index in [-0.39, 0.29) is 6.04 Å². The Bertz CT molecular complexity index is 634. The van der Waals surface area contributed by atoms with Crippen LogP contribution in [0.4, 0.5) is 0 Å². The SMILES string of the molecule is Cc1cc(C(CCc2ccc3c(c2)CCO3)NN)c(C)o1. The highest BCUT2D eigenvalue weighted by atomic mass is 16.5. The van der Waals surface area contributed by atoms with E-state index in [1.54, 1.807) is 0 Å². The zero-order chi connectivity index (χ0) is 14.8. The minimum absolute atomic E-state index is 0.118. The molecule has 3 rings (SSSR count). The second kappa shape index (κ2) is 5.92. The van der Waals surface area contributed by atoms with Crippen LogP contribution in [0.15, 0.2) is 28.7 Å². The topological polar surface area (TPSA) is 60.4 Å². The fraction of sp³-hybridized carbons (Fsp3) is 0.412. The number of ether oxygens (including phenoxy) is 1. The monoisotopic (exact) mass is 286 g/mol. The molecule has 1 aromatic heterocycles. The van der Waals surface area contributed by atoms with Crippen LogP contribution in [0.5, 0.6) is 5.75 Å². The molecule has 0 bridgehead atoms. The molecule has 4 heteroatoms. The summed E-state index contributed by atoms with van der Waals surface area (Å²) in [4.78, 5) is 0. The van der Waals surface area contributed by atoms with Crippen LogP contribution in [0.2, 0.25) is 0 Å². The van der Waals surface area contributed by atoms with Crippen molar-refractivity contribution in [2.24, 2.45) is 5.84 Å². The lowest BCUT2D eigenvalue weighted by Gasteiger charge is -2.15. The number of nitrogens with two attached hydrogens (primary N) is 1. The summed E-state index contributed by atoms with van der Waals surface area (Å²) in [6, 6.07) is 8.66. The molecule has 3 N–H and O–H groups in total. The van der Waals surface area contributed by atoms with Crippen LogP contribution in [-0.2, 0) is 12.8 Å². The number of nitrogens with one attached hydrogen (secondary N) is 1. The predicted molar refractivity (Wildman–Crippen MR) is 82.2 cm³/mol. The zero-order valence-electron chi connectivity index (χ0n) is 12.6. The van der Waals surface area contributed by atoms with Crippen molar-refractivity contribution in [3.63, 3.8) is 0 Å². The number of fused-ring (bicyclic) bond motifs is 1. The molecule has 112 valence electrons. The first-order valence-electron chi connectivity index (χ1n) is 7.45. The van der Waals surface area contributed by atoms with Gasteiger partial charge in [-0.05, 0) is 49.9 Å². The summed E-state index contributed by atoms with van der Waals surface area (Å²) in [5.41, 5.74) is 6.71. The molecule has 1 aliphatic heterocycles. The highest BCUT2D eigenvalue weighted by Gasteiger charge is 2.17. The van der Waals surface area contributed by atoms with Crippen LogP contribution in [0.1, 0.15) is 40.7 Å². The van der Waals surface area contributed by atoms with E-state index in [0.29, 0.717) is 0 Å². The molecule has 0 amide bonds. The van der Waals surface area contributed by atoms with Crippen molar-refractivity contribution in [3.8, 4) is 5.75 Å². The van der Waals surface area contributed by atoms with E-state index in [1.807, 2.05) is 13.8 Å². The number of hydrazine groups is 1. The number of hydrogen-bond donors (Lipinski definition) is 2. The Morgan fingerprint density at radius 3 is 2.86 bits per heavy atom. The molecular formula is C17H22N2O2. The number of hydrogen-bond acceptors (Lipinski definition) is 4. The number of rotatable bonds is 5. The summed E-state index contributed by atoms with van der Waals surface area (Å²) in [6.07, 6.45) is 2.93. The van der Waals surface area contributed by atoms with Gasteiger partial charge in [-0.25, -0.2) is 0 Å². The molecule has 1 aliphatic rings. The van der Waals surface area contributed by atoms with Crippen LogP contribution in [-0.4, -0.2) is 6.61 Å². The third kappa shape index (κ3) is 2.96. The first-order chi connectivity index (χ1) is 10.2. The Kier molecular flexibility index (Phi) is 3.99. The molecule has 1 aromatic carbocycles. The van der Waals surface area contributed by atoms with E-state index >= 15 is 0 Å². The van der Waals surface area contributed by atoms with Gasteiger partial charge < -0.3 is 9.15 Å². The van der Waals surface area contributed by atoms with E-state index in [0.717, 1.165) is 48.7 Å². The Balaban J connectivity index is 1.69. The van der Waals surface area contributed by atoms with Crippen molar-refractivity contribution in [1.29, 1.82) is 0 Å². The Hall–Kier alpha value is -1.78. The van der Waals surface area contributed by atoms with Gasteiger partial charge in [0, 0.05) is 18.0 Å². The smallest absolute Gasteiger partial charge is 0.122 e. The molecule has 0 fully saturated rings. The number of aryl methyl sites for hydroxylation is 3. The fourth-order valence-corrected chi connectivity index (χ4v) is 3.03. The lowest BCUT2D eigenvalue weighted by atomic mass is 9.98. The van der Waals surface area contributed by atoms with Crippen molar-refractivity contribution in [3.05, 3.63) is 52.5 Å². The third-order valence-corrected chi connectivity index (χ3v) is 4.13. The summed E-state index contributed by atoms with van der Waals surface area (Å²) in [5, 5.41) is 0. The Labute approximate surface area is 125 Å². The normalized spacial score (nSPS) is 14.8. The second-order valence-corrected chi connectivity index (χ2v) is 5.67. The van der Waals surface area contributed by atoms with Gasteiger partial charge in [-0.2, -0.15) is 0 Å². The van der Waals surface area contributed by atoms with Gasteiger partial charge >= 0.3 is 0 Å². The third-order valence-electron chi connectivity index (χ3n) is 4.13. The van der Waals surface area contributed by atoms with Crippen molar-refractivity contribution in [2.75, 3.05) is 6.61 Å². The van der Waals surface area contributed by atoms with Gasteiger partial charge in [0.2, 0.25) is 0 Å². The maximum Gasteiger partial charge on any atom is 0.122 e. The summed E-state index contributed by atoms with van der Waals surface area (Å²) in [6.45, 7) is 4.75. The van der Waals surface area contributed by atoms with E-state index in [1.165, 1.54) is 11.1 Å². The average Bonchev–Trinajstić information content (AvgIpc) is 3.05. The first-order valence-corrected chi connectivity index (χ1v) is 7.45. The highest BCUT2D eigenvalue weighted by Crippen LogP contribution is 2.28. The largest absolute Gasteiger partial charge is 0.493 e. The molecule has 21 heavy (non-hydrogen) atoms. The standard InChI is InChI=1S/C17H22N2O2/c1-11-9-15(12(2)21-11)16(19-18)5-3-13-4-6-17-14(10-13)7-8-20-17/h4,6,9-10,16,19H,3,5,7-8,18H2,1-2H3. The van der Waals surface area contributed by atoms with Crippen LogP contribution in [0.3, 0.4) is 0 Å². The van der Waals surface area contributed by atoms with Crippen LogP contribution < -0.4 is 16.0 Å². The van der Waals surface area contributed by atoms with Crippen molar-refractivity contribution in [2.45, 2.75) is 39.2 Å². The van der Waals surface area contributed by atoms with Crippen molar-refractivity contribution in [1.82, 2.24) is 5.43 Å². The van der Waals surface area contributed by atoms with Crippen LogP contribution in [0, 0.1) is 13.8 Å². The summed E-state index contributed by atoms with van der Waals surface area (Å²) >= 11 is 0. The maximum absolute atomic E-state index is 5.73. The Morgan fingerprint density at radius 1 is 1.29 bits per heavy atom. The molecule has 2 heterocycles. The van der Waals surface area contributed by atoms with Gasteiger partial charge in [0.05, 0.1) is 6.61 Å². The minimum atomic E-state index is 0.118. The summed E-state index contributed by atoms with van der Waals surface area (Å²) in [5.74, 6) is 8.63. The Morgan fingerprint density at radius 2 is 2.14 bits per heavy atom. The van der Waals surface area contributed by atoms with E-state index in [2.05, 4.69) is 29.7 Å². The van der Waals surface area contributed by atoms with Crippen molar-refractivity contribution < 1.29 is 9.15 Å². The van der Waals surface area contributed by atoms with Crippen LogP contribution >= 0.6 is 0 Å². The van der Waals surface area contributed by atoms with Gasteiger partial charge in [0.1, 0.15) is 17.3 Å². The number of benzene rings is 1.